The zero-order chi connectivity index (χ0) is 40.0. The van der Waals surface area contributed by atoms with Gasteiger partial charge in [0.1, 0.15) is 22.3 Å². The van der Waals surface area contributed by atoms with Crippen LogP contribution >= 0.6 is 0 Å². The highest BCUT2D eigenvalue weighted by Crippen LogP contribution is 2.50. The Morgan fingerprint density at radius 1 is 0.333 bits per heavy atom. The molecular weight excluding hydrogens is 729 g/mol. The molecule has 2 aromatic heterocycles. The first-order valence-electron chi connectivity index (χ1n) is 20.9. The third kappa shape index (κ3) is 5.34. The van der Waals surface area contributed by atoms with Gasteiger partial charge in [0.2, 0.25) is 0 Å². The summed E-state index contributed by atoms with van der Waals surface area (Å²) < 4.78 is 12.9. The summed E-state index contributed by atoms with van der Waals surface area (Å²) in [6.07, 6.45) is 0. The lowest BCUT2D eigenvalue weighted by Crippen LogP contribution is -2.14. The van der Waals surface area contributed by atoms with Gasteiger partial charge in [0, 0.05) is 44.0 Å². The van der Waals surface area contributed by atoms with E-state index in [1.165, 1.54) is 50.1 Å². The number of fused-ring (bicyclic) bond motifs is 9. The smallest absolute Gasteiger partial charge is 0.143 e. The van der Waals surface area contributed by atoms with Gasteiger partial charge in [-0.3, -0.25) is 0 Å². The largest absolute Gasteiger partial charge is 0.455 e. The normalized spacial score (nSPS) is 13.1. The van der Waals surface area contributed by atoms with Crippen LogP contribution in [0.4, 0.5) is 0 Å². The van der Waals surface area contributed by atoms with Crippen LogP contribution in [-0.2, 0) is 5.41 Å². The number of benzene rings is 9. The molecule has 0 aliphatic heterocycles. The minimum absolute atomic E-state index is 0.0135. The van der Waals surface area contributed by atoms with Gasteiger partial charge >= 0.3 is 0 Å². The summed E-state index contributed by atoms with van der Waals surface area (Å²) in [6, 6.07) is 72.7. The van der Waals surface area contributed by atoms with Crippen molar-refractivity contribution in [2.75, 3.05) is 0 Å². The summed E-state index contributed by atoms with van der Waals surface area (Å²) in [5.74, 6) is 0.0135. The van der Waals surface area contributed by atoms with Crippen molar-refractivity contribution in [1.82, 2.24) is 0 Å². The summed E-state index contributed by atoms with van der Waals surface area (Å²) in [7, 11) is 0. The zero-order valence-corrected chi connectivity index (χ0v) is 33.4. The van der Waals surface area contributed by atoms with E-state index in [2.05, 4.69) is 190 Å². The lowest BCUT2D eigenvalue weighted by molar-refractivity contribution is 0.660. The molecule has 0 atom stereocenters. The van der Waals surface area contributed by atoms with Crippen molar-refractivity contribution < 1.29 is 8.83 Å². The molecule has 284 valence electrons. The van der Waals surface area contributed by atoms with Crippen LogP contribution in [0, 0.1) is 0 Å². The van der Waals surface area contributed by atoms with Gasteiger partial charge in [-0.2, -0.15) is 0 Å². The Bertz CT molecular complexity index is 3270. The molecule has 0 N–H and O–H groups in total. The molecule has 0 spiro atoms. The van der Waals surface area contributed by atoms with Gasteiger partial charge in [-0.25, -0.2) is 0 Å². The van der Waals surface area contributed by atoms with Gasteiger partial charge in [0.15, 0.2) is 0 Å². The predicted octanol–water partition coefficient (Wildman–Crippen LogP) is 16.0. The Morgan fingerprint density at radius 3 is 1.30 bits per heavy atom. The molecule has 0 unspecified atom stereocenters. The summed E-state index contributed by atoms with van der Waals surface area (Å²) in [4.78, 5) is 0. The van der Waals surface area contributed by atoms with E-state index in [0.717, 1.165) is 66.1 Å². The first kappa shape index (κ1) is 34.6. The van der Waals surface area contributed by atoms with E-state index < -0.39 is 0 Å². The van der Waals surface area contributed by atoms with Gasteiger partial charge in [-0.15, -0.1) is 0 Å². The minimum Gasteiger partial charge on any atom is -0.455 e. The first-order chi connectivity index (χ1) is 29.5. The molecule has 1 aliphatic carbocycles. The van der Waals surface area contributed by atoms with E-state index >= 15 is 0 Å². The second kappa shape index (κ2) is 13.3. The maximum Gasteiger partial charge on any atom is 0.143 e. The molecule has 2 heterocycles. The fourth-order valence-electron chi connectivity index (χ4n) is 9.99. The van der Waals surface area contributed by atoms with Crippen molar-refractivity contribution in [1.29, 1.82) is 0 Å². The van der Waals surface area contributed by atoms with Crippen LogP contribution in [0.5, 0.6) is 0 Å². The number of rotatable bonds is 6. The third-order valence-corrected chi connectivity index (χ3v) is 13.1. The Labute approximate surface area is 349 Å². The average Bonchev–Trinajstić information content (AvgIpc) is 3.95. The quantitative estimate of drug-likeness (QED) is 0.158. The van der Waals surface area contributed by atoms with Crippen molar-refractivity contribution in [2.24, 2.45) is 0 Å². The molecule has 11 aromatic rings. The van der Waals surface area contributed by atoms with E-state index in [-0.39, 0.29) is 11.3 Å². The Kier molecular flexibility index (Phi) is 7.68. The molecule has 0 radical (unpaired) electrons. The SMILES string of the molecule is CC1(C)c2ccccc2-c2ccc(-c3ccc(C(c4ccc(-c5cccc6c5oc5ccccc56)cc4)c4ccc(-c5cccc6c5oc5ccccc56)cc4)cc3)cc21. The highest BCUT2D eigenvalue weighted by molar-refractivity contribution is 6.10. The lowest BCUT2D eigenvalue weighted by atomic mass is 9.81. The van der Waals surface area contributed by atoms with E-state index in [9.17, 15) is 0 Å². The molecule has 0 saturated heterocycles. The molecule has 0 fully saturated rings. The molecule has 2 heteroatoms. The number of furan rings is 2. The van der Waals surface area contributed by atoms with Crippen LogP contribution in [0.25, 0.3) is 88.4 Å². The van der Waals surface area contributed by atoms with Gasteiger partial charge in [0.25, 0.3) is 0 Å². The molecule has 1 aliphatic rings. The Morgan fingerprint density at radius 2 is 0.750 bits per heavy atom. The molecule has 9 aromatic carbocycles. The number of hydrogen-bond acceptors (Lipinski definition) is 2. The number of para-hydroxylation sites is 4. The summed E-state index contributed by atoms with van der Waals surface area (Å²) in [5, 5.41) is 4.56. The monoisotopic (exact) mass is 768 g/mol. The van der Waals surface area contributed by atoms with Crippen LogP contribution in [-0.4, -0.2) is 0 Å². The topological polar surface area (TPSA) is 26.3 Å². The van der Waals surface area contributed by atoms with Gasteiger partial charge in [-0.1, -0.05) is 196 Å². The van der Waals surface area contributed by atoms with Crippen molar-refractivity contribution in [3.8, 4) is 44.5 Å². The molecule has 12 rings (SSSR count). The van der Waals surface area contributed by atoms with Crippen LogP contribution in [0.2, 0.25) is 0 Å². The van der Waals surface area contributed by atoms with E-state index in [1.54, 1.807) is 0 Å². The Balaban J connectivity index is 0.937. The van der Waals surface area contributed by atoms with Crippen LogP contribution < -0.4 is 0 Å². The highest BCUT2D eigenvalue weighted by Gasteiger charge is 2.35. The standard InChI is InChI=1S/C58H40O2/c1-58(2)51-18-6-3-11-45(51)46-34-33-42(35-52(46)58)36-21-27-39(28-22-36)55(40-29-23-37(24-30-40)43-14-9-16-49-47-12-4-7-19-53(47)59-56(43)49)41-31-25-38(26-32-41)44-15-10-17-50-48-13-5-8-20-54(48)60-57(44)50/h3-35,55H,1-2H3. The second-order valence-corrected chi connectivity index (χ2v) is 16.8. The second-order valence-electron chi connectivity index (χ2n) is 16.8. The zero-order valence-electron chi connectivity index (χ0n) is 33.4. The molecular formula is C58H40O2. The molecule has 60 heavy (non-hydrogen) atoms. The average molecular weight is 769 g/mol. The van der Waals surface area contributed by atoms with Crippen molar-refractivity contribution in [2.45, 2.75) is 25.2 Å². The fourth-order valence-corrected chi connectivity index (χ4v) is 9.99. The number of hydrogen-bond donors (Lipinski definition) is 0. The van der Waals surface area contributed by atoms with Gasteiger partial charge in [-0.05, 0) is 79.4 Å². The first-order valence-corrected chi connectivity index (χ1v) is 20.9. The van der Waals surface area contributed by atoms with Crippen molar-refractivity contribution >= 4 is 43.9 Å². The maximum atomic E-state index is 6.44. The lowest BCUT2D eigenvalue weighted by Gasteiger charge is -2.22. The third-order valence-electron chi connectivity index (χ3n) is 13.1. The Hall–Kier alpha value is -7.42. The summed E-state index contributed by atoms with van der Waals surface area (Å²) in [6.45, 7) is 4.69. The highest BCUT2D eigenvalue weighted by atomic mass is 16.3. The van der Waals surface area contributed by atoms with Crippen molar-refractivity contribution in [3.63, 3.8) is 0 Å². The van der Waals surface area contributed by atoms with Crippen molar-refractivity contribution in [3.05, 3.63) is 228 Å². The minimum atomic E-state index is -0.0445. The van der Waals surface area contributed by atoms with Gasteiger partial charge in [0.05, 0.1) is 0 Å². The van der Waals surface area contributed by atoms with Crippen LogP contribution in [0.15, 0.2) is 209 Å². The molecule has 0 amide bonds. The maximum absolute atomic E-state index is 6.44. The molecule has 0 bridgehead atoms. The van der Waals surface area contributed by atoms with E-state index in [4.69, 9.17) is 8.83 Å². The summed E-state index contributed by atoms with van der Waals surface area (Å²) in [5.41, 5.74) is 19.7. The van der Waals surface area contributed by atoms with Crippen LogP contribution in [0.1, 0.15) is 47.6 Å². The molecule has 0 saturated carbocycles. The summed E-state index contributed by atoms with van der Waals surface area (Å²) >= 11 is 0. The van der Waals surface area contributed by atoms with E-state index in [0.29, 0.717) is 0 Å². The van der Waals surface area contributed by atoms with Crippen LogP contribution in [0.3, 0.4) is 0 Å². The fraction of sp³-hybridized carbons (Fsp3) is 0.0690. The van der Waals surface area contributed by atoms with Gasteiger partial charge < -0.3 is 8.83 Å². The predicted molar refractivity (Wildman–Crippen MR) is 249 cm³/mol. The van der Waals surface area contributed by atoms with E-state index in [1.807, 2.05) is 24.3 Å². The molecule has 2 nitrogen and oxygen atoms in total.